The van der Waals surface area contributed by atoms with Gasteiger partial charge in [-0.05, 0) is 39.3 Å². The summed E-state index contributed by atoms with van der Waals surface area (Å²) in [6.07, 6.45) is 0.447. The Hall–Kier alpha value is -2.08. The van der Waals surface area contributed by atoms with Gasteiger partial charge in [0, 0.05) is 29.8 Å². The fourth-order valence-corrected chi connectivity index (χ4v) is 2.73. The Morgan fingerprint density at radius 3 is 2.73 bits per heavy atom. The van der Waals surface area contributed by atoms with Gasteiger partial charge in [0.15, 0.2) is 0 Å². The number of phenolic OH excluding ortho intramolecular Hbond substituents is 1. The fraction of sp³-hybridized carbons (Fsp3) is 0.500. The molecule has 0 unspecified atom stereocenters. The number of nitrogens with one attached hydrogen (secondary N) is 1. The van der Waals surface area contributed by atoms with Crippen LogP contribution in [0.5, 0.6) is 5.75 Å². The quantitative estimate of drug-likeness (QED) is 0.768. The molecule has 1 aliphatic rings. The number of carbonyl (C=O) groups is 2. The van der Waals surface area contributed by atoms with E-state index >= 15 is 0 Å². The van der Waals surface area contributed by atoms with Gasteiger partial charge >= 0.3 is 0 Å². The standard InChI is InChI=1S/C16H23N3O3/c1-9(2)18-15(21)13-7-11(17)8-19(13)16(22)12-5-4-6-14(20)10(12)3/h4-6,9,11,13,20H,7-8,17H2,1-3H3,(H,18,21)/t11-,13+/m1/s1. The number of rotatable bonds is 3. The zero-order chi connectivity index (χ0) is 16.4. The Labute approximate surface area is 130 Å². The molecule has 0 aromatic heterocycles. The van der Waals surface area contributed by atoms with Crippen molar-refractivity contribution >= 4 is 11.8 Å². The minimum absolute atomic E-state index is 0.00350. The Morgan fingerprint density at radius 1 is 1.41 bits per heavy atom. The van der Waals surface area contributed by atoms with Crippen molar-refractivity contribution in [2.45, 2.75) is 45.3 Å². The third-order valence-electron chi connectivity index (χ3n) is 3.86. The van der Waals surface area contributed by atoms with Gasteiger partial charge in [0.2, 0.25) is 5.91 Å². The van der Waals surface area contributed by atoms with E-state index in [0.717, 1.165) is 0 Å². The summed E-state index contributed by atoms with van der Waals surface area (Å²) >= 11 is 0. The summed E-state index contributed by atoms with van der Waals surface area (Å²) in [5, 5.41) is 12.6. The molecule has 2 rings (SSSR count). The maximum Gasteiger partial charge on any atom is 0.254 e. The van der Waals surface area contributed by atoms with Crippen LogP contribution in [0.15, 0.2) is 18.2 Å². The van der Waals surface area contributed by atoms with Gasteiger partial charge in [0.05, 0.1) is 0 Å². The molecule has 1 aliphatic heterocycles. The second-order valence-electron chi connectivity index (χ2n) is 6.08. The summed E-state index contributed by atoms with van der Waals surface area (Å²) in [7, 11) is 0. The van der Waals surface area contributed by atoms with Crippen LogP contribution >= 0.6 is 0 Å². The zero-order valence-electron chi connectivity index (χ0n) is 13.2. The Kier molecular flexibility index (Phi) is 4.71. The first-order chi connectivity index (χ1) is 10.3. The third kappa shape index (κ3) is 3.22. The fourth-order valence-electron chi connectivity index (χ4n) is 2.73. The molecule has 1 aromatic rings. The molecule has 1 heterocycles. The van der Waals surface area contributed by atoms with Crippen molar-refractivity contribution in [2.75, 3.05) is 6.54 Å². The Bertz CT molecular complexity index is 586. The minimum atomic E-state index is -0.563. The van der Waals surface area contributed by atoms with Gasteiger partial charge in [-0.1, -0.05) is 6.07 Å². The molecule has 120 valence electrons. The van der Waals surface area contributed by atoms with Crippen molar-refractivity contribution < 1.29 is 14.7 Å². The predicted molar refractivity (Wildman–Crippen MR) is 83.5 cm³/mol. The number of amides is 2. The van der Waals surface area contributed by atoms with Crippen LogP contribution in [0.4, 0.5) is 0 Å². The van der Waals surface area contributed by atoms with Gasteiger partial charge in [-0.3, -0.25) is 9.59 Å². The van der Waals surface area contributed by atoms with Gasteiger partial charge in [-0.2, -0.15) is 0 Å². The van der Waals surface area contributed by atoms with E-state index in [1.54, 1.807) is 19.1 Å². The minimum Gasteiger partial charge on any atom is -0.508 e. The normalized spacial score (nSPS) is 21.2. The molecule has 4 N–H and O–H groups in total. The van der Waals surface area contributed by atoms with E-state index in [4.69, 9.17) is 5.73 Å². The number of nitrogens with zero attached hydrogens (tertiary/aromatic N) is 1. The van der Waals surface area contributed by atoms with Crippen LogP contribution in [0.25, 0.3) is 0 Å². The molecule has 6 heteroatoms. The molecule has 2 atom stereocenters. The van der Waals surface area contributed by atoms with Gasteiger partial charge in [-0.25, -0.2) is 0 Å². The average Bonchev–Trinajstić information content (AvgIpc) is 2.82. The van der Waals surface area contributed by atoms with Crippen molar-refractivity contribution in [1.29, 1.82) is 0 Å². The lowest BCUT2D eigenvalue weighted by Gasteiger charge is -2.25. The van der Waals surface area contributed by atoms with Crippen LogP contribution in [0.2, 0.25) is 0 Å². The molecule has 2 amide bonds. The van der Waals surface area contributed by atoms with Crippen molar-refractivity contribution in [3.63, 3.8) is 0 Å². The Balaban J connectivity index is 2.26. The summed E-state index contributed by atoms with van der Waals surface area (Å²) in [6.45, 7) is 5.77. The first-order valence-electron chi connectivity index (χ1n) is 7.46. The van der Waals surface area contributed by atoms with Crippen LogP contribution in [0, 0.1) is 6.92 Å². The number of hydrogen-bond donors (Lipinski definition) is 3. The highest BCUT2D eigenvalue weighted by Gasteiger charge is 2.39. The lowest BCUT2D eigenvalue weighted by molar-refractivity contribution is -0.125. The summed E-state index contributed by atoms with van der Waals surface area (Å²) < 4.78 is 0. The molecule has 22 heavy (non-hydrogen) atoms. The molecule has 0 spiro atoms. The molecule has 1 aromatic carbocycles. The summed E-state index contributed by atoms with van der Waals surface area (Å²) in [4.78, 5) is 26.5. The van der Waals surface area contributed by atoms with Crippen molar-refractivity contribution in [3.8, 4) is 5.75 Å². The monoisotopic (exact) mass is 305 g/mol. The number of benzene rings is 1. The molecule has 1 fully saturated rings. The lowest BCUT2D eigenvalue weighted by atomic mass is 10.1. The van der Waals surface area contributed by atoms with Crippen LogP contribution in [-0.2, 0) is 4.79 Å². The molecular formula is C16H23N3O3. The van der Waals surface area contributed by atoms with Gasteiger partial charge < -0.3 is 21.1 Å². The van der Waals surface area contributed by atoms with Crippen LogP contribution < -0.4 is 11.1 Å². The number of phenols is 1. The zero-order valence-corrected chi connectivity index (χ0v) is 13.2. The van der Waals surface area contributed by atoms with Crippen molar-refractivity contribution in [1.82, 2.24) is 10.2 Å². The lowest BCUT2D eigenvalue weighted by Crippen LogP contribution is -2.47. The second kappa shape index (κ2) is 6.36. The van der Waals surface area contributed by atoms with E-state index in [1.807, 2.05) is 13.8 Å². The van der Waals surface area contributed by atoms with E-state index in [9.17, 15) is 14.7 Å². The van der Waals surface area contributed by atoms with Crippen molar-refractivity contribution in [2.24, 2.45) is 5.73 Å². The number of aromatic hydroxyl groups is 1. The third-order valence-corrected chi connectivity index (χ3v) is 3.86. The van der Waals surface area contributed by atoms with Gasteiger partial charge in [0.1, 0.15) is 11.8 Å². The van der Waals surface area contributed by atoms with Crippen molar-refractivity contribution in [3.05, 3.63) is 29.3 Å². The average molecular weight is 305 g/mol. The molecule has 0 aliphatic carbocycles. The van der Waals surface area contributed by atoms with Gasteiger partial charge in [0.25, 0.3) is 5.91 Å². The maximum atomic E-state index is 12.7. The first-order valence-corrected chi connectivity index (χ1v) is 7.46. The summed E-state index contributed by atoms with van der Waals surface area (Å²) in [5.41, 5.74) is 6.85. The first kappa shape index (κ1) is 16.3. The largest absolute Gasteiger partial charge is 0.508 e. The maximum absolute atomic E-state index is 12.7. The van der Waals surface area contributed by atoms with E-state index < -0.39 is 6.04 Å². The predicted octanol–water partition coefficient (Wildman–Crippen LogP) is 0.767. The number of likely N-dealkylation sites (tertiary alicyclic amines) is 1. The van der Waals surface area contributed by atoms with E-state index in [0.29, 0.717) is 24.1 Å². The molecule has 6 nitrogen and oxygen atoms in total. The van der Waals surface area contributed by atoms with Gasteiger partial charge in [-0.15, -0.1) is 0 Å². The van der Waals surface area contributed by atoms with Crippen LogP contribution in [0.3, 0.4) is 0 Å². The smallest absolute Gasteiger partial charge is 0.254 e. The number of carbonyl (C=O) groups excluding carboxylic acids is 2. The van der Waals surface area contributed by atoms with Crippen LogP contribution in [-0.4, -0.2) is 46.5 Å². The Morgan fingerprint density at radius 2 is 2.09 bits per heavy atom. The second-order valence-corrected chi connectivity index (χ2v) is 6.08. The number of hydrogen-bond acceptors (Lipinski definition) is 4. The molecule has 0 saturated carbocycles. The van der Waals surface area contributed by atoms with E-state index in [1.165, 1.54) is 11.0 Å². The molecule has 1 saturated heterocycles. The van der Waals surface area contributed by atoms with Crippen LogP contribution in [0.1, 0.15) is 36.2 Å². The number of nitrogens with two attached hydrogens (primary N) is 1. The molecular weight excluding hydrogens is 282 g/mol. The summed E-state index contributed by atoms with van der Waals surface area (Å²) in [6, 6.07) is 4.03. The summed E-state index contributed by atoms with van der Waals surface area (Å²) in [5.74, 6) is -0.392. The van der Waals surface area contributed by atoms with E-state index in [2.05, 4.69) is 5.32 Å². The molecule has 0 bridgehead atoms. The highest BCUT2D eigenvalue weighted by atomic mass is 16.3. The topological polar surface area (TPSA) is 95.7 Å². The highest BCUT2D eigenvalue weighted by molar-refractivity contribution is 5.99. The highest BCUT2D eigenvalue weighted by Crippen LogP contribution is 2.25. The molecule has 0 radical (unpaired) electrons. The van der Waals surface area contributed by atoms with E-state index in [-0.39, 0.29) is 29.6 Å². The SMILES string of the molecule is Cc1c(O)cccc1C(=O)N1C[C@H](N)C[C@H]1C(=O)NC(C)C.